The van der Waals surface area contributed by atoms with Crippen LogP contribution in [0.2, 0.25) is 0 Å². The van der Waals surface area contributed by atoms with Gasteiger partial charge >= 0.3 is 0 Å². The van der Waals surface area contributed by atoms with Gasteiger partial charge in [0.05, 0.1) is 27.5 Å². The first kappa shape index (κ1) is 21.2. The molecule has 0 atom stereocenters. The summed E-state index contributed by atoms with van der Waals surface area (Å²) >= 11 is 1.73. The van der Waals surface area contributed by atoms with E-state index in [2.05, 4.69) is 38.6 Å². The van der Waals surface area contributed by atoms with Gasteiger partial charge in [0.25, 0.3) is 5.95 Å². The number of aromatic nitrogens is 4. The number of amidine groups is 1. The number of fused-ring (bicyclic) bond motifs is 3. The minimum atomic E-state index is 0.355. The zero-order valence-electron chi connectivity index (χ0n) is 18.4. The molecule has 4 rings (SSSR count). The predicted molar refractivity (Wildman–Crippen MR) is 127 cm³/mol. The van der Waals surface area contributed by atoms with Crippen LogP contribution in [-0.4, -0.2) is 57.7 Å². The molecule has 0 amide bonds. The number of nitrogens with one attached hydrogen (secondary N) is 1. The molecule has 1 aliphatic rings. The summed E-state index contributed by atoms with van der Waals surface area (Å²) in [6.07, 6.45) is 7.16. The van der Waals surface area contributed by atoms with Crippen molar-refractivity contribution in [1.29, 1.82) is 0 Å². The Bertz CT molecular complexity index is 1140. The Morgan fingerprint density at radius 3 is 2.97 bits per heavy atom. The molecule has 3 N–H and O–H groups in total. The first-order chi connectivity index (χ1) is 14.9. The first-order valence-electron chi connectivity index (χ1n) is 10.3. The molecule has 31 heavy (non-hydrogen) atoms. The minimum Gasteiger partial charge on any atom is -0.389 e. The summed E-state index contributed by atoms with van der Waals surface area (Å²) in [5.74, 6) is 0.716. The monoisotopic (exact) mass is 436 g/mol. The number of thiophene rings is 1. The van der Waals surface area contributed by atoms with E-state index in [0.29, 0.717) is 11.8 Å². The summed E-state index contributed by atoms with van der Waals surface area (Å²) in [5.41, 5.74) is 12.6. The predicted octanol–water partition coefficient (Wildman–Crippen LogP) is 2.67. The highest BCUT2D eigenvalue weighted by Gasteiger charge is 2.28. The van der Waals surface area contributed by atoms with Crippen molar-refractivity contribution in [1.82, 2.24) is 30.0 Å². The van der Waals surface area contributed by atoms with Gasteiger partial charge in [0, 0.05) is 32.5 Å². The summed E-state index contributed by atoms with van der Waals surface area (Å²) in [6, 6.07) is 2.14. The van der Waals surface area contributed by atoms with Gasteiger partial charge in [-0.1, -0.05) is 0 Å². The van der Waals surface area contributed by atoms with Gasteiger partial charge in [0.15, 0.2) is 0 Å². The van der Waals surface area contributed by atoms with Gasteiger partial charge in [-0.05, 0) is 62.5 Å². The molecular formula is C22H28N8S. The van der Waals surface area contributed by atoms with Crippen LogP contribution in [0.4, 0.5) is 5.95 Å². The van der Waals surface area contributed by atoms with E-state index in [1.807, 2.05) is 32.0 Å². The lowest BCUT2D eigenvalue weighted by atomic mass is 9.92. The topological polar surface area (TPSA) is 97.2 Å². The highest BCUT2D eigenvalue weighted by molar-refractivity contribution is 7.13. The van der Waals surface area contributed by atoms with Crippen molar-refractivity contribution in [3.8, 4) is 21.8 Å². The number of likely N-dealkylation sites (N-methyl/N-ethyl adjacent to an activating group) is 1. The lowest BCUT2D eigenvalue weighted by Gasteiger charge is -2.15. The van der Waals surface area contributed by atoms with E-state index in [1.54, 1.807) is 23.6 Å². The minimum absolute atomic E-state index is 0.355. The third-order valence-electron chi connectivity index (χ3n) is 5.22. The van der Waals surface area contributed by atoms with E-state index in [9.17, 15) is 0 Å². The van der Waals surface area contributed by atoms with E-state index >= 15 is 0 Å². The zero-order chi connectivity index (χ0) is 22.0. The van der Waals surface area contributed by atoms with E-state index in [1.165, 1.54) is 10.4 Å². The van der Waals surface area contributed by atoms with Crippen molar-refractivity contribution < 1.29 is 0 Å². The number of rotatable bonds is 7. The number of hydrogen-bond acceptors (Lipinski definition) is 7. The molecule has 0 fully saturated rings. The van der Waals surface area contributed by atoms with Crippen LogP contribution in [0, 0.1) is 6.92 Å². The molecule has 0 aliphatic heterocycles. The van der Waals surface area contributed by atoms with Crippen molar-refractivity contribution >= 4 is 23.1 Å². The molecule has 3 aromatic rings. The van der Waals surface area contributed by atoms with Gasteiger partial charge in [-0.25, -0.2) is 9.97 Å². The molecule has 0 unspecified atom stereocenters. The Hall–Kier alpha value is -3.04. The van der Waals surface area contributed by atoms with Gasteiger partial charge in [-0.15, -0.1) is 11.3 Å². The molecule has 0 radical (unpaired) electrons. The van der Waals surface area contributed by atoms with Gasteiger partial charge in [0.2, 0.25) is 0 Å². The van der Waals surface area contributed by atoms with Crippen LogP contribution in [0.25, 0.3) is 21.8 Å². The standard InChI is InChI=1S/C22H28N8S/c1-14-8-12-31-21(14)20-18-16(28-30(20)4)6-5-15-13-25-22(27-19(15)18)26-17(23)7-9-24-10-11-29(2)3/h7-9,12-13,24H,5-6,10-11H2,1-4H3,(H2,23,25,26,27)/b9-7-. The van der Waals surface area contributed by atoms with E-state index in [0.717, 1.165) is 54.1 Å². The Kier molecular flexibility index (Phi) is 6.15. The van der Waals surface area contributed by atoms with Crippen LogP contribution in [0.5, 0.6) is 0 Å². The molecule has 3 aromatic heterocycles. The summed E-state index contributed by atoms with van der Waals surface area (Å²) in [5, 5.41) is 10.1. The van der Waals surface area contributed by atoms with Crippen LogP contribution in [0.3, 0.4) is 0 Å². The summed E-state index contributed by atoms with van der Waals surface area (Å²) in [7, 11) is 6.07. The van der Waals surface area contributed by atoms with Crippen molar-refractivity contribution in [2.75, 3.05) is 27.2 Å². The molecule has 0 bridgehead atoms. The largest absolute Gasteiger partial charge is 0.389 e. The number of aryl methyl sites for hydroxylation is 4. The summed E-state index contributed by atoms with van der Waals surface area (Å²) in [4.78, 5) is 16.9. The fraction of sp³-hybridized carbons (Fsp3) is 0.364. The van der Waals surface area contributed by atoms with E-state index in [4.69, 9.17) is 15.8 Å². The molecule has 0 saturated carbocycles. The molecule has 0 aromatic carbocycles. The average Bonchev–Trinajstić information content (AvgIpc) is 3.29. The fourth-order valence-corrected chi connectivity index (χ4v) is 4.66. The molecule has 0 saturated heterocycles. The number of hydrogen-bond donors (Lipinski definition) is 2. The Morgan fingerprint density at radius 1 is 1.39 bits per heavy atom. The van der Waals surface area contributed by atoms with Crippen LogP contribution >= 0.6 is 11.3 Å². The maximum Gasteiger partial charge on any atom is 0.251 e. The smallest absolute Gasteiger partial charge is 0.251 e. The molecule has 3 heterocycles. The van der Waals surface area contributed by atoms with Crippen LogP contribution in [0.1, 0.15) is 16.8 Å². The highest BCUT2D eigenvalue weighted by Crippen LogP contribution is 2.42. The van der Waals surface area contributed by atoms with Gasteiger partial charge in [0.1, 0.15) is 5.84 Å². The molecule has 162 valence electrons. The third kappa shape index (κ3) is 4.52. The fourth-order valence-electron chi connectivity index (χ4n) is 3.65. The summed E-state index contributed by atoms with van der Waals surface area (Å²) in [6.45, 7) is 3.90. The van der Waals surface area contributed by atoms with E-state index < -0.39 is 0 Å². The van der Waals surface area contributed by atoms with Gasteiger partial charge < -0.3 is 16.0 Å². The number of aliphatic imine (C=N–C) groups is 1. The quantitative estimate of drug-likeness (QED) is 0.336. The highest BCUT2D eigenvalue weighted by atomic mass is 32.1. The molecule has 0 spiro atoms. The van der Waals surface area contributed by atoms with Crippen molar-refractivity contribution in [3.05, 3.63) is 46.7 Å². The van der Waals surface area contributed by atoms with Crippen molar-refractivity contribution in [3.63, 3.8) is 0 Å². The Morgan fingerprint density at radius 2 is 2.23 bits per heavy atom. The van der Waals surface area contributed by atoms with E-state index in [-0.39, 0.29) is 0 Å². The van der Waals surface area contributed by atoms with Crippen LogP contribution < -0.4 is 11.1 Å². The second-order valence-electron chi connectivity index (χ2n) is 7.90. The van der Waals surface area contributed by atoms with Gasteiger partial charge in [-0.3, -0.25) is 4.68 Å². The summed E-state index contributed by atoms with van der Waals surface area (Å²) < 4.78 is 1.97. The molecule has 9 heteroatoms. The van der Waals surface area contributed by atoms with Gasteiger partial charge in [-0.2, -0.15) is 10.1 Å². The van der Waals surface area contributed by atoms with Crippen LogP contribution in [-0.2, 0) is 19.9 Å². The normalized spacial score (nSPS) is 13.6. The second kappa shape index (κ2) is 8.99. The second-order valence-corrected chi connectivity index (χ2v) is 8.81. The zero-order valence-corrected chi connectivity index (χ0v) is 19.2. The maximum absolute atomic E-state index is 6.07. The lowest BCUT2D eigenvalue weighted by Crippen LogP contribution is -2.23. The SMILES string of the molecule is Cc1ccsc1-c1c2c(nn1C)CCc1cnc(/N=C(N)\C=C/NCCN(C)C)nc1-2. The molecular weight excluding hydrogens is 408 g/mol. The molecule has 1 aliphatic carbocycles. The average molecular weight is 437 g/mol. The van der Waals surface area contributed by atoms with Crippen molar-refractivity contribution in [2.24, 2.45) is 17.8 Å². The lowest BCUT2D eigenvalue weighted by molar-refractivity contribution is 0.410. The molecule has 8 nitrogen and oxygen atoms in total. The number of nitrogens with zero attached hydrogens (tertiary/aromatic N) is 6. The van der Waals surface area contributed by atoms with Crippen molar-refractivity contribution in [2.45, 2.75) is 19.8 Å². The number of nitrogens with two attached hydrogens (primary N) is 1. The Balaban J connectivity index is 1.64. The first-order valence-corrected chi connectivity index (χ1v) is 11.2. The Labute approximate surface area is 186 Å². The van der Waals surface area contributed by atoms with Crippen LogP contribution in [0.15, 0.2) is 34.9 Å². The third-order valence-corrected chi connectivity index (χ3v) is 6.24. The maximum atomic E-state index is 6.07.